The highest BCUT2D eigenvalue weighted by Gasteiger charge is 2.24. The molecule has 0 bridgehead atoms. The number of hydrogen-bond donors (Lipinski definition) is 0. The second kappa shape index (κ2) is 11.4. The van der Waals surface area contributed by atoms with Gasteiger partial charge in [0.25, 0.3) is 0 Å². The van der Waals surface area contributed by atoms with Crippen LogP contribution in [0.1, 0.15) is 64.7 Å². The molecule has 0 aliphatic carbocycles. The van der Waals surface area contributed by atoms with Gasteiger partial charge in [-0.1, -0.05) is 45.4 Å². The standard InChI is InChI=1S/C18H34O4/c1-2-3-4-6-9-16(20-14-18-15-22-18)10-7-5-8-11-19-12-17-13-21-17/h16-18H,2-15H2,1H3. The number of hydrogen-bond acceptors (Lipinski definition) is 4. The van der Waals surface area contributed by atoms with Crippen LogP contribution in [0.2, 0.25) is 0 Å². The normalized spacial score (nSPS) is 24.4. The molecule has 0 aromatic carbocycles. The molecule has 0 saturated carbocycles. The molecule has 2 fully saturated rings. The van der Waals surface area contributed by atoms with Crippen LogP contribution in [0.5, 0.6) is 0 Å². The van der Waals surface area contributed by atoms with E-state index in [9.17, 15) is 0 Å². The third-order valence-corrected chi connectivity index (χ3v) is 4.32. The summed E-state index contributed by atoms with van der Waals surface area (Å²) in [6.07, 6.45) is 12.5. The van der Waals surface area contributed by atoms with E-state index < -0.39 is 0 Å². The van der Waals surface area contributed by atoms with Crippen molar-refractivity contribution in [3.8, 4) is 0 Å². The maximum Gasteiger partial charge on any atom is 0.104 e. The van der Waals surface area contributed by atoms with Crippen molar-refractivity contribution >= 4 is 0 Å². The number of ether oxygens (including phenoxy) is 4. The van der Waals surface area contributed by atoms with Crippen molar-refractivity contribution in [2.45, 2.75) is 83.0 Å². The second-order valence-corrected chi connectivity index (χ2v) is 6.64. The predicted octanol–water partition coefficient (Wildman–Crippen LogP) is 3.72. The maximum atomic E-state index is 6.04. The number of rotatable bonds is 16. The first-order valence-corrected chi connectivity index (χ1v) is 9.31. The molecule has 4 nitrogen and oxygen atoms in total. The zero-order valence-electron chi connectivity index (χ0n) is 14.3. The minimum Gasteiger partial charge on any atom is -0.379 e. The van der Waals surface area contributed by atoms with Crippen LogP contribution < -0.4 is 0 Å². The lowest BCUT2D eigenvalue weighted by Gasteiger charge is -2.17. The Morgan fingerprint density at radius 1 is 0.864 bits per heavy atom. The van der Waals surface area contributed by atoms with Crippen molar-refractivity contribution in [2.75, 3.05) is 33.0 Å². The molecule has 3 unspecified atom stereocenters. The second-order valence-electron chi connectivity index (χ2n) is 6.64. The third kappa shape index (κ3) is 9.78. The van der Waals surface area contributed by atoms with E-state index in [-0.39, 0.29) is 0 Å². The molecule has 0 N–H and O–H groups in total. The van der Waals surface area contributed by atoms with E-state index in [0.29, 0.717) is 18.3 Å². The summed E-state index contributed by atoms with van der Waals surface area (Å²) in [6.45, 7) is 6.49. The van der Waals surface area contributed by atoms with Crippen molar-refractivity contribution in [1.29, 1.82) is 0 Å². The topological polar surface area (TPSA) is 43.5 Å². The summed E-state index contributed by atoms with van der Waals surface area (Å²) in [5.74, 6) is 0. The first kappa shape index (κ1) is 18.2. The van der Waals surface area contributed by atoms with Gasteiger partial charge in [0.1, 0.15) is 12.2 Å². The lowest BCUT2D eigenvalue weighted by atomic mass is 10.0. The van der Waals surface area contributed by atoms with E-state index in [1.165, 1.54) is 51.4 Å². The summed E-state index contributed by atoms with van der Waals surface area (Å²) < 4.78 is 22.0. The summed E-state index contributed by atoms with van der Waals surface area (Å²) in [4.78, 5) is 0. The Labute approximate surface area is 135 Å². The minimum absolute atomic E-state index is 0.385. The Balaban J connectivity index is 1.44. The van der Waals surface area contributed by atoms with Crippen molar-refractivity contribution in [2.24, 2.45) is 0 Å². The van der Waals surface area contributed by atoms with E-state index in [0.717, 1.165) is 39.5 Å². The SMILES string of the molecule is CCCCCCC(CCCCCOCC1CO1)OCC1CO1. The first-order chi connectivity index (χ1) is 10.9. The van der Waals surface area contributed by atoms with Gasteiger partial charge in [-0.3, -0.25) is 0 Å². The molecule has 0 radical (unpaired) electrons. The van der Waals surface area contributed by atoms with Gasteiger partial charge in [0.05, 0.1) is 32.5 Å². The summed E-state index contributed by atoms with van der Waals surface area (Å²) in [7, 11) is 0. The average molecular weight is 314 g/mol. The van der Waals surface area contributed by atoms with E-state index in [2.05, 4.69) is 6.92 Å². The Morgan fingerprint density at radius 2 is 1.50 bits per heavy atom. The highest BCUT2D eigenvalue weighted by atomic mass is 16.6. The van der Waals surface area contributed by atoms with Gasteiger partial charge in [0, 0.05) is 6.61 Å². The molecule has 2 saturated heterocycles. The van der Waals surface area contributed by atoms with Crippen LogP contribution in [0, 0.1) is 0 Å². The summed E-state index contributed by atoms with van der Waals surface area (Å²) in [5, 5.41) is 0. The molecule has 2 aliphatic rings. The van der Waals surface area contributed by atoms with Crippen LogP contribution in [0.4, 0.5) is 0 Å². The van der Waals surface area contributed by atoms with Gasteiger partial charge in [-0.25, -0.2) is 0 Å². The van der Waals surface area contributed by atoms with Gasteiger partial charge in [-0.2, -0.15) is 0 Å². The van der Waals surface area contributed by atoms with Crippen LogP contribution in [0.25, 0.3) is 0 Å². The Kier molecular flexibility index (Phi) is 9.41. The summed E-state index contributed by atoms with van der Waals surface area (Å²) >= 11 is 0. The molecule has 2 aliphatic heterocycles. The lowest BCUT2D eigenvalue weighted by Crippen LogP contribution is -2.16. The van der Waals surface area contributed by atoms with Crippen LogP contribution in [-0.4, -0.2) is 51.3 Å². The molecular formula is C18H34O4. The van der Waals surface area contributed by atoms with Crippen LogP contribution in [0.15, 0.2) is 0 Å². The fourth-order valence-electron chi connectivity index (χ4n) is 2.65. The maximum absolute atomic E-state index is 6.04. The van der Waals surface area contributed by atoms with Gasteiger partial charge in [-0.05, 0) is 19.3 Å². The van der Waals surface area contributed by atoms with Gasteiger partial charge in [0.15, 0.2) is 0 Å². The van der Waals surface area contributed by atoms with Crippen molar-refractivity contribution in [3.05, 3.63) is 0 Å². The summed E-state index contributed by atoms with van der Waals surface area (Å²) in [5.41, 5.74) is 0. The fourth-order valence-corrected chi connectivity index (χ4v) is 2.65. The zero-order chi connectivity index (χ0) is 15.5. The zero-order valence-corrected chi connectivity index (χ0v) is 14.3. The van der Waals surface area contributed by atoms with Gasteiger partial charge in [-0.15, -0.1) is 0 Å². The van der Waals surface area contributed by atoms with E-state index in [1.54, 1.807) is 0 Å². The van der Waals surface area contributed by atoms with Gasteiger partial charge in [0.2, 0.25) is 0 Å². The quantitative estimate of drug-likeness (QED) is 0.322. The average Bonchev–Trinajstić information content (AvgIpc) is 3.41. The molecule has 4 heteroatoms. The number of unbranched alkanes of at least 4 members (excludes halogenated alkanes) is 5. The van der Waals surface area contributed by atoms with Gasteiger partial charge < -0.3 is 18.9 Å². The molecule has 0 aromatic rings. The monoisotopic (exact) mass is 314 g/mol. The molecule has 0 amide bonds. The molecular weight excluding hydrogens is 280 g/mol. The molecule has 3 atom stereocenters. The number of epoxide rings is 2. The molecule has 0 aromatic heterocycles. The molecule has 2 heterocycles. The fraction of sp³-hybridized carbons (Fsp3) is 1.00. The smallest absolute Gasteiger partial charge is 0.104 e. The summed E-state index contributed by atoms with van der Waals surface area (Å²) in [6, 6.07) is 0. The Morgan fingerprint density at radius 3 is 2.14 bits per heavy atom. The third-order valence-electron chi connectivity index (χ3n) is 4.32. The van der Waals surface area contributed by atoms with Crippen molar-refractivity contribution < 1.29 is 18.9 Å². The predicted molar refractivity (Wildman–Crippen MR) is 87.3 cm³/mol. The molecule has 130 valence electrons. The van der Waals surface area contributed by atoms with Crippen LogP contribution in [-0.2, 0) is 18.9 Å². The highest BCUT2D eigenvalue weighted by Crippen LogP contribution is 2.18. The first-order valence-electron chi connectivity index (χ1n) is 9.31. The molecule has 22 heavy (non-hydrogen) atoms. The van der Waals surface area contributed by atoms with Crippen molar-refractivity contribution in [1.82, 2.24) is 0 Å². The highest BCUT2D eigenvalue weighted by molar-refractivity contribution is 4.70. The van der Waals surface area contributed by atoms with E-state index in [1.807, 2.05) is 0 Å². The molecule has 0 spiro atoms. The van der Waals surface area contributed by atoms with Crippen LogP contribution in [0.3, 0.4) is 0 Å². The van der Waals surface area contributed by atoms with Crippen molar-refractivity contribution in [3.63, 3.8) is 0 Å². The van der Waals surface area contributed by atoms with E-state index in [4.69, 9.17) is 18.9 Å². The van der Waals surface area contributed by atoms with E-state index >= 15 is 0 Å². The Bertz CT molecular complexity index is 264. The Hall–Kier alpha value is -0.160. The largest absolute Gasteiger partial charge is 0.379 e. The van der Waals surface area contributed by atoms with Gasteiger partial charge >= 0.3 is 0 Å². The molecule has 2 rings (SSSR count). The minimum atomic E-state index is 0.385. The lowest BCUT2D eigenvalue weighted by molar-refractivity contribution is 0.0283. The van der Waals surface area contributed by atoms with Crippen LogP contribution >= 0.6 is 0 Å².